The van der Waals surface area contributed by atoms with Crippen molar-refractivity contribution in [3.63, 3.8) is 0 Å². The molecular formula is C13H7N3O. The van der Waals surface area contributed by atoms with Crippen molar-refractivity contribution in [3.8, 4) is 0 Å². The largest absolute Gasteiger partial charge is 0.368 e. The number of amides is 2. The maximum Gasteiger partial charge on any atom is 0.368 e. The summed E-state index contributed by atoms with van der Waals surface area (Å²) in [5.41, 5.74) is 0. The minimum atomic E-state index is -0.415. The van der Waals surface area contributed by atoms with Crippen LogP contribution in [-0.2, 0) is 0 Å². The summed E-state index contributed by atoms with van der Waals surface area (Å²) in [5, 5.41) is 5.71. The third kappa shape index (κ3) is 1.04. The van der Waals surface area contributed by atoms with Gasteiger partial charge in [0.2, 0.25) is 0 Å². The van der Waals surface area contributed by atoms with Crippen LogP contribution in [0.4, 0.5) is 4.79 Å². The zero-order valence-electron chi connectivity index (χ0n) is 8.77. The molecule has 80 valence electrons. The quantitative estimate of drug-likeness (QED) is 0.617. The lowest BCUT2D eigenvalue weighted by molar-refractivity contribution is 0.257. The normalized spacial score (nSPS) is 13.8. The number of rotatable bonds is 0. The molecule has 4 heteroatoms. The lowest BCUT2D eigenvalue weighted by atomic mass is 10.0. The van der Waals surface area contributed by atoms with Crippen LogP contribution in [0, 0.1) is 0 Å². The molecule has 0 aliphatic carbocycles. The van der Waals surface area contributed by atoms with Crippen molar-refractivity contribution >= 4 is 27.6 Å². The highest BCUT2D eigenvalue weighted by molar-refractivity contribution is 6.07. The van der Waals surface area contributed by atoms with Crippen LogP contribution in [0.5, 0.6) is 0 Å². The molecule has 0 fully saturated rings. The molecule has 1 aliphatic rings. The minimum Gasteiger partial charge on any atom is -0.366 e. The second-order valence-corrected chi connectivity index (χ2v) is 4.06. The third-order valence-corrected chi connectivity index (χ3v) is 3.12. The Labute approximate surface area is 95.3 Å². The van der Waals surface area contributed by atoms with Gasteiger partial charge in [-0.1, -0.05) is 18.2 Å². The van der Waals surface area contributed by atoms with Crippen molar-refractivity contribution in [1.82, 2.24) is 4.98 Å². The van der Waals surface area contributed by atoms with Gasteiger partial charge in [0.05, 0.1) is 5.36 Å². The number of nitrogens with one attached hydrogen (secondary N) is 1. The van der Waals surface area contributed by atoms with Crippen LogP contribution in [0.25, 0.3) is 21.5 Å². The smallest absolute Gasteiger partial charge is 0.366 e. The van der Waals surface area contributed by atoms with E-state index in [0.717, 1.165) is 21.5 Å². The van der Waals surface area contributed by atoms with Crippen LogP contribution in [0.1, 0.15) is 0 Å². The number of hydrogen-bond donors (Lipinski definition) is 1. The van der Waals surface area contributed by atoms with E-state index in [9.17, 15) is 4.79 Å². The Morgan fingerprint density at radius 3 is 2.71 bits per heavy atom. The predicted octanol–water partition coefficient (Wildman–Crippen LogP) is 1.69. The number of nitrogens with zero attached hydrogens (tertiary/aromatic N) is 2. The van der Waals surface area contributed by atoms with Gasteiger partial charge < -0.3 is 4.98 Å². The van der Waals surface area contributed by atoms with Crippen LogP contribution < -0.4 is 10.7 Å². The molecule has 3 aromatic rings. The highest BCUT2D eigenvalue weighted by atomic mass is 16.2. The molecule has 4 nitrogen and oxygen atoms in total. The number of benzene rings is 2. The molecule has 2 amide bonds. The zero-order chi connectivity index (χ0) is 11.4. The molecular weight excluding hydrogens is 214 g/mol. The fraction of sp³-hybridized carbons (Fsp3) is 0. The van der Waals surface area contributed by atoms with E-state index >= 15 is 0 Å². The van der Waals surface area contributed by atoms with Gasteiger partial charge in [0, 0.05) is 23.2 Å². The van der Waals surface area contributed by atoms with Crippen molar-refractivity contribution < 1.29 is 4.79 Å². The first kappa shape index (κ1) is 8.64. The number of H-pyrrole nitrogens is 1. The van der Waals surface area contributed by atoms with Gasteiger partial charge in [-0.3, -0.25) is 0 Å². The first-order valence-electron chi connectivity index (χ1n) is 5.32. The number of carbonyl (C=O) groups excluding carboxylic acids is 1. The SMILES string of the molecule is O=C1N=c2ccc3c(ccc4c[nH]cc43)c2=N1. The number of fused-ring (bicyclic) bond motifs is 5. The molecule has 0 atom stereocenters. The fourth-order valence-corrected chi connectivity index (χ4v) is 2.35. The summed E-state index contributed by atoms with van der Waals surface area (Å²) >= 11 is 0. The van der Waals surface area contributed by atoms with E-state index in [1.165, 1.54) is 0 Å². The average Bonchev–Trinajstić information content (AvgIpc) is 2.92. The summed E-state index contributed by atoms with van der Waals surface area (Å²) in [4.78, 5) is 22.1. The molecule has 0 bridgehead atoms. The molecule has 2 aromatic carbocycles. The second kappa shape index (κ2) is 2.79. The molecule has 17 heavy (non-hydrogen) atoms. The van der Waals surface area contributed by atoms with Gasteiger partial charge in [0.1, 0.15) is 5.36 Å². The van der Waals surface area contributed by atoms with Crippen LogP contribution in [0.2, 0.25) is 0 Å². The van der Waals surface area contributed by atoms with Crippen molar-refractivity contribution in [3.05, 3.63) is 47.4 Å². The van der Waals surface area contributed by atoms with E-state index in [1.54, 1.807) is 0 Å². The molecule has 1 aliphatic heterocycles. The van der Waals surface area contributed by atoms with Crippen LogP contribution >= 0.6 is 0 Å². The molecule has 0 spiro atoms. The van der Waals surface area contributed by atoms with Crippen molar-refractivity contribution in [2.24, 2.45) is 9.98 Å². The minimum absolute atomic E-state index is 0.415. The highest BCUT2D eigenvalue weighted by Gasteiger charge is 2.09. The van der Waals surface area contributed by atoms with Gasteiger partial charge in [0.15, 0.2) is 0 Å². The molecule has 1 aromatic heterocycles. The van der Waals surface area contributed by atoms with Gasteiger partial charge in [-0.05, 0) is 16.8 Å². The van der Waals surface area contributed by atoms with E-state index in [1.807, 2.05) is 36.7 Å². The molecule has 0 unspecified atom stereocenters. The summed E-state index contributed by atoms with van der Waals surface area (Å²) in [5.74, 6) is 0. The standard InChI is InChI=1S/C13H7N3O/c17-13-15-11-4-3-8-9(12(11)16-13)2-1-7-5-14-6-10(7)8/h1-6,14H. The number of hydrogen-bond acceptors (Lipinski definition) is 1. The molecule has 0 radical (unpaired) electrons. The summed E-state index contributed by atoms with van der Waals surface area (Å²) in [6, 6.07) is 7.43. The maximum atomic E-state index is 11.2. The molecule has 4 rings (SSSR count). The van der Waals surface area contributed by atoms with Crippen molar-refractivity contribution in [2.75, 3.05) is 0 Å². The predicted molar refractivity (Wildman–Crippen MR) is 63.5 cm³/mol. The Morgan fingerprint density at radius 2 is 1.76 bits per heavy atom. The molecule has 0 saturated heterocycles. The summed E-state index contributed by atoms with van der Waals surface area (Å²) in [6.07, 6.45) is 3.91. The van der Waals surface area contributed by atoms with Crippen molar-refractivity contribution in [2.45, 2.75) is 0 Å². The van der Waals surface area contributed by atoms with E-state index in [2.05, 4.69) is 15.0 Å². The van der Waals surface area contributed by atoms with Crippen LogP contribution in [0.15, 0.2) is 46.6 Å². The van der Waals surface area contributed by atoms with Crippen LogP contribution in [0.3, 0.4) is 0 Å². The highest BCUT2D eigenvalue weighted by Crippen LogP contribution is 2.22. The van der Waals surface area contributed by atoms with E-state index in [4.69, 9.17) is 0 Å². The van der Waals surface area contributed by atoms with Gasteiger partial charge in [-0.15, -0.1) is 0 Å². The van der Waals surface area contributed by atoms with E-state index in [0.29, 0.717) is 10.7 Å². The lowest BCUT2D eigenvalue weighted by Gasteiger charge is -1.98. The van der Waals surface area contributed by atoms with E-state index < -0.39 is 6.03 Å². The summed E-state index contributed by atoms with van der Waals surface area (Å²) in [7, 11) is 0. The lowest BCUT2D eigenvalue weighted by Crippen LogP contribution is -2.21. The third-order valence-electron chi connectivity index (χ3n) is 3.12. The average molecular weight is 221 g/mol. The monoisotopic (exact) mass is 221 g/mol. The Balaban J connectivity index is 2.36. The Morgan fingerprint density at radius 1 is 0.882 bits per heavy atom. The Hall–Kier alpha value is -2.49. The number of aromatic nitrogens is 1. The molecule has 1 N–H and O–H groups in total. The van der Waals surface area contributed by atoms with Crippen LogP contribution in [-0.4, -0.2) is 11.0 Å². The first-order valence-corrected chi connectivity index (χ1v) is 5.32. The topological polar surface area (TPSA) is 57.6 Å². The van der Waals surface area contributed by atoms with Gasteiger partial charge in [-0.25, -0.2) is 4.79 Å². The Bertz CT molecular complexity index is 905. The first-order chi connectivity index (χ1) is 8.33. The van der Waals surface area contributed by atoms with Crippen molar-refractivity contribution in [1.29, 1.82) is 0 Å². The summed E-state index contributed by atoms with van der Waals surface area (Å²) < 4.78 is 0. The number of carbonyl (C=O) groups is 1. The summed E-state index contributed by atoms with van der Waals surface area (Å²) in [6.45, 7) is 0. The van der Waals surface area contributed by atoms with E-state index in [-0.39, 0.29) is 0 Å². The maximum absolute atomic E-state index is 11.2. The number of aromatic amines is 1. The number of urea groups is 1. The Kier molecular flexibility index (Phi) is 1.42. The fourth-order valence-electron chi connectivity index (χ4n) is 2.35. The van der Waals surface area contributed by atoms with Gasteiger partial charge in [0.25, 0.3) is 0 Å². The van der Waals surface area contributed by atoms with Gasteiger partial charge >= 0.3 is 6.03 Å². The molecule has 2 heterocycles. The second-order valence-electron chi connectivity index (χ2n) is 4.06. The molecule has 0 saturated carbocycles. The van der Waals surface area contributed by atoms with Gasteiger partial charge in [-0.2, -0.15) is 9.98 Å². The zero-order valence-corrected chi connectivity index (χ0v) is 8.77.